The first-order valence-electron chi connectivity index (χ1n) is 18.4. The highest BCUT2D eigenvalue weighted by molar-refractivity contribution is 6.10. The summed E-state index contributed by atoms with van der Waals surface area (Å²) in [6, 6.07) is 66.9. The molecule has 3 heterocycles. The second-order valence-corrected chi connectivity index (χ2v) is 14.0. The van der Waals surface area contributed by atoms with Gasteiger partial charge < -0.3 is 4.57 Å². The summed E-state index contributed by atoms with van der Waals surface area (Å²) in [6.45, 7) is 0. The molecule has 252 valence electrons. The molecule has 4 heteroatoms. The molecule has 0 amide bonds. The van der Waals surface area contributed by atoms with Gasteiger partial charge >= 0.3 is 0 Å². The average Bonchev–Trinajstić information content (AvgIpc) is 3.74. The lowest BCUT2D eigenvalue weighted by molar-refractivity contribution is 0.734. The van der Waals surface area contributed by atoms with E-state index < -0.39 is 5.41 Å². The molecule has 0 aliphatic heterocycles. The molecular weight excluding hydrogens is 657 g/mol. The Morgan fingerprint density at radius 1 is 0.444 bits per heavy atom. The molecule has 7 aromatic carbocycles. The van der Waals surface area contributed by atoms with Gasteiger partial charge in [0.05, 0.1) is 33.4 Å². The van der Waals surface area contributed by atoms with Gasteiger partial charge in [-0.1, -0.05) is 146 Å². The van der Waals surface area contributed by atoms with E-state index in [1.54, 1.807) is 0 Å². The lowest BCUT2D eigenvalue weighted by Gasteiger charge is -2.32. The molecule has 4 nitrogen and oxygen atoms in total. The van der Waals surface area contributed by atoms with Gasteiger partial charge in [0.25, 0.3) is 0 Å². The number of rotatable bonds is 5. The van der Waals surface area contributed by atoms with Crippen molar-refractivity contribution in [2.45, 2.75) is 5.41 Å². The maximum absolute atomic E-state index is 5.23. The Kier molecular flexibility index (Phi) is 6.73. The van der Waals surface area contributed by atoms with Crippen molar-refractivity contribution < 1.29 is 0 Å². The van der Waals surface area contributed by atoms with Crippen molar-refractivity contribution in [1.82, 2.24) is 19.5 Å². The van der Waals surface area contributed by atoms with Crippen LogP contribution in [-0.2, 0) is 5.41 Å². The summed E-state index contributed by atoms with van der Waals surface area (Å²) in [5, 5.41) is 3.42. The van der Waals surface area contributed by atoms with E-state index in [1.165, 1.54) is 38.6 Å². The second kappa shape index (κ2) is 11.9. The van der Waals surface area contributed by atoms with Crippen molar-refractivity contribution in [1.29, 1.82) is 0 Å². The van der Waals surface area contributed by atoms with Gasteiger partial charge in [-0.05, 0) is 70.3 Å². The summed E-state index contributed by atoms with van der Waals surface area (Å²) in [4.78, 5) is 15.4. The van der Waals surface area contributed by atoms with Gasteiger partial charge in [-0.2, -0.15) is 0 Å². The molecule has 11 rings (SSSR count). The van der Waals surface area contributed by atoms with Crippen molar-refractivity contribution in [2.24, 2.45) is 0 Å². The lowest BCUT2D eigenvalue weighted by atomic mass is 9.70. The fourth-order valence-corrected chi connectivity index (χ4v) is 8.82. The van der Waals surface area contributed by atoms with Gasteiger partial charge in [0.15, 0.2) is 5.82 Å². The molecule has 0 spiro atoms. The summed E-state index contributed by atoms with van der Waals surface area (Å²) in [5.74, 6) is 0.703. The van der Waals surface area contributed by atoms with Crippen LogP contribution in [0.2, 0.25) is 0 Å². The maximum Gasteiger partial charge on any atom is 0.160 e. The molecule has 1 aliphatic rings. The fourth-order valence-electron chi connectivity index (χ4n) is 8.82. The van der Waals surface area contributed by atoms with E-state index in [0.717, 1.165) is 50.1 Å². The number of para-hydroxylation sites is 2. The number of benzene rings is 7. The Morgan fingerprint density at radius 3 is 2.00 bits per heavy atom. The van der Waals surface area contributed by atoms with E-state index in [1.807, 2.05) is 24.4 Å². The first-order chi connectivity index (χ1) is 26.8. The van der Waals surface area contributed by atoms with Crippen molar-refractivity contribution in [3.8, 4) is 39.5 Å². The van der Waals surface area contributed by atoms with Crippen LogP contribution in [0.15, 0.2) is 194 Å². The van der Waals surface area contributed by atoms with Gasteiger partial charge in [0, 0.05) is 39.2 Å². The SMILES string of the molecule is c1ccc(-c2nc(-c3ccc4c5ccccc5n(-c5ccc6c(c5)C(c5ccccc5)(c5ccccn5)c5ccccc5-6)c4c3)nc3ccccc23)cc1. The molecule has 0 bridgehead atoms. The number of pyridine rings is 1. The topological polar surface area (TPSA) is 43.6 Å². The standard InChI is InChI=1S/C50H32N4/c1-3-15-33(16-4-1)48-41-21-8-11-23-44(41)52-49(53-48)34-26-28-40-39-20-9-12-24-45(39)54(46(40)31-34)36-27-29-38-37-19-7-10-22-42(37)50(43(38)32-36,35-17-5-2-6-18-35)47-25-13-14-30-51-47/h1-32H. The first kappa shape index (κ1) is 30.5. The second-order valence-electron chi connectivity index (χ2n) is 14.0. The van der Waals surface area contributed by atoms with E-state index in [2.05, 4.69) is 174 Å². The zero-order valence-electron chi connectivity index (χ0n) is 29.3. The van der Waals surface area contributed by atoms with Crippen LogP contribution in [0.5, 0.6) is 0 Å². The molecule has 10 aromatic rings. The molecular formula is C50H32N4. The normalized spacial score (nSPS) is 14.7. The fraction of sp³-hybridized carbons (Fsp3) is 0.0200. The van der Waals surface area contributed by atoms with Gasteiger partial charge in [-0.15, -0.1) is 0 Å². The van der Waals surface area contributed by atoms with Crippen LogP contribution in [0.3, 0.4) is 0 Å². The Morgan fingerprint density at radius 2 is 1.15 bits per heavy atom. The largest absolute Gasteiger partial charge is 0.309 e. The predicted octanol–water partition coefficient (Wildman–Crippen LogP) is 11.8. The van der Waals surface area contributed by atoms with Crippen LogP contribution in [0, 0.1) is 0 Å². The molecule has 0 saturated carbocycles. The lowest BCUT2D eigenvalue weighted by Crippen LogP contribution is -2.29. The van der Waals surface area contributed by atoms with Crippen LogP contribution >= 0.6 is 0 Å². The zero-order chi connectivity index (χ0) is 35.6. The number of hydrogen-bond donors (Lipinski definition) is 0. The van der Waals surface area contributed by atoms with Crippen LogP contribution in [-0.4, -0.2) is 19.5 Å². The Bertz CT molecular complexity index is 3000. The molecule has 1 aliphatic carbocycles. The number of aromatic nitrogens is 4. The average molecular weight is 689 g/mol. The van der Waals surface area contributed by atoms with Crippen LogP contribution in [0.1, 0.15) is 22.4 Å². The van der Waals surface area contributed by atoms with Crippen molar-refractivity contribution in [3.05, 3.63) is 217 Å². The van der Waals surface area contributed by atoms with E-state index >= 15 is 0 Å². The number of fused-ring (bicyclic) bond motifs is 7. The smallest absolute Gasteiger partial charge is 0.160 e. The minimum absolute atomic E-state index is 0.596. The van der Waals surface area contributed by atoms with Crippen molar-refractivity contribution in [2.75, 3.05) is 0 Å². The summed E-state index contributed by atoms with van der Waals surface area (Å²) in [7, 11) is 0. The van der Waals surface area contributed by atoms with Crippen LogP contribution in [0.4, 0.5) is 0 Å². The van der Waals surface area contributed by atoms with E-state index in [-0.39, 0.29) is 0 Å². The van der Waals surface area contributed by atoms with Crippen molar-refractivity contribution >= 4 is 32.7 Å². The molecule has 0 fully saturated rings. The number of nitrogens with zero attached hydrogens (tertiary/aromatic N) is 4. The molecule has 0 N–H and O–H groups in total. The quantitative estimate of drug-likeness (QED) is 0.181. The minimum atomic E-state index is -0.596. The summed E-state index contributed by atoms with van der Waals surface area (Å²) < 4.78 is 2.41. The highest BCUT2D eigenvalue weighted by Crippen LogP contribution is 2.56. The zero-order valence-corrected chi connectivity index (χ0v) is 29.3. The highest BCUT2D eigenvalue weighted by Gasteiger charge is 2.47. The molecule has 3 aromatic heterocycles. The molecule has 1 atom stereocenters. The van der Waals surface area contributed by atoms with Crippen molar-refractivity contribution in [3.63, 3.8) is 0 Å². The van der Waals surface area contributed by atoms with E-state index in [0.29, 0.717) is 5.82 Å². The third-order valence-electron chi connectivity index (χ3n) is 11.1. The third kappa shape index (κ3) is 4.40. The summed E-state index contributed by atoms with van der Waals surface area (Å²) >= 11 is 0. The Balaban J connectivity index is 1.18. The Labute approximate surface area is 312 Å². The van der Waals surface area contributed by atoms with Gasteiger partial charge in [0.2, 0.25) is 0 Å². The monoisotopic (exact) mass is 688 g/mol. The maximum atomic E-state index is 5.23. The number of hydrogen-bond acceptors (Lipinski definition) is 3. The van der Waals surface area contributed by atoms with Gasteiger partial charge in [-0.3, -0.25) is 4.98 Å². The third-order valence-corrected chi connectivity index (χ3v) is 11.1. The molecule has 0 radical (unpaired) electrons. The van der Waals surface area contributed by atoms with Crippen LogP contribution < -0.4 is 0 Å². The van der Waals surface area contributed by atoms with Gasteiger partial charge in [0.1, 0.15) is 0 Å². The minimum Gasteiger partial charge on any atom is -0.309 e. The first-order valence-corrected chi connectivity index (χ1v) is 18.4. The van der Waals surface area contributed by atoms with Gasteiger partial charge in [-0.25, -0.2) is 9.97 Å². The molecule has 1 unspecified atom stereocenters. The Hall–Kier alpha value is -7.17. The highest BCUT2D eigenvalue weighted by atomic mass is 15.0. The summed E-state index contributed by atoms with van der Waals surface area (Å²) in [5.41, 5.74) is 13.8. The van der Waals surface area contributed by atoms with Crippen LogP contribution in [0.25, 0.3) is 72.2 Å². The summed E-state index contributed by atoms with van der Waals surface area (Å²) in [6.07, 6.45) is 1.91. The predicted molar refractivity (Wildman–Crippen MR) is 220 cm³/mol. The molecule has 54 heavy (non-hydrogen) atoms. The van der Waals surface area contributed by atoms with E-state index in [4.69, 9.17) is 15.0 Å². The van der Waals surface area contributed by atoms with E-state index in [9.17, 15) is 0 Å². The molecule has 0 saturated heterocycles.